The fourth-order valence-corrected chi connectivity index (χ4v) is 1.38. The number of hydrogen-bond acceptors (Lipinski definition) is 5. The van der Waals surface area contributed by atoms with E-state index in [1.54, 1.807) is 0 Å². The van der Waals surface area contributed by atoms with E-state index < -0.39 is 29.4 Å². The SMILES string of the molecule is O=C(NCC(O)C(=O)O)c1cc([N+](=O)[O-])ccc1Cl. The predicted octanol–water partition coefficient (Wildman–Crippen LogP) is 0.424. The zero-order valence-corrected chi connectivity index (χ0v) is 10.1. The molecule has 0 heterocycles. The number of non-ortho nitro benzene ring substituents is 1. The summed E-state index contributed by atoms with van der Waals surface area (Å²) in [6.07, 6.45) is -1.76. The van der Waals surface area contributed by atoms with Crippen LogP contribution in [0.3, 0.4) is 0 Å². The molecule has 1 amide bonds. The standard InChI is InChI=1S/C10H9ClN2O6/c11-7-2-1-5(13(18)19)3-6(7)9(15)12-4-8(14)10(16)17/h1-3,8,14H,4H2,(H,12,15)(H,16,17). The summed E-state index contributed by atoms with van der Waals surface area (Å²) in [7, 11) is 0. The highest BCUT2D eigenvalue weighted by Gasteiger charge is 2.18. The molecule has 0 fully saturated rings. The van der Waals surface area contributed by atoms with Gasteiger partial charge in [0.15, 0.2) is 6.10 Å². The van der Waals surface area contributed by atoms with Crippen LogP contribution < -0.4 is 5.32 Å². The number of halogens is 1. The van der Waals surface area contributed by atoms with Crippen molar-refractivity contribution < 1.29 is 24.7 Å². The fraction of sp³-hybridized carbons (Fsp3) is 0.200. The van der Waals surface area contributed by atoms with E-state index in [1.807, 2.05) is 0 Å². The average Bonchev–Trinajstić information content (AvgIpc) is 2.35. The molecule has 0 bridgehead atoms. The molecule has 0 aliphatic rings. The molecule has 1 atom stereocenters. The van der Waals surface area contributed by atoms with E-state index in [4.69, 9.17) is 21.8 Å². The molecule has 8 nitrogen and oxygen atoms in total. The van der Waals surface area contributed by atoms with Crippen LogP contribution in [0.4, 0.5) is 5.69 Å². The number of benzene rings is 1. The summed E-state index contributed by atoms with van der Waals surface area (Å²) in [6.45, 7) is -0.535. The van der Waals surface area contributed by atoms with Crippen LogP contribution in [0.5, 0.6) is 0 Å². The average molecular weight is 289 g/mol. The summed E-state index contributed by atoms with van der Waals surface area (Å²) in [5.41, 5.74) is -0.498. The minimum absolute atomic E-state index is 0.0204. The number of carbonyl (C=O) groups excluding carboxylic acids is 1. The summed E-state index contributed by atoms with van der Waals surface area (Å²) in [5, 5.41) is 30.0. The zero-order chi connectivity index (χ0) is 14.6. The number of amides is 1. The van der Waals surface area contributed by atoms with Crippen molar-refractivity contribution in [2.24, 2.45) is 0 Å². The summed E-state index contributed by atoms with van der Waals surface area (Å²) >= 11 is 5.71. The number of aliphatic carboxylic acids is 1. The van der Waals surface area contributed by atoms with Gasteiger partial charge in [0.1, 0.15) is 0 Å². The molecule has 0 radical (unpaired) electrons. The first-order valence-electron chi connectivity index (χ1n) is 4.96. The fourth-order valence-electron chi connectivity index (χ4n) is 1.17. The van der Waals surface area contributed by atoms with Crippen LogP contribution in [0, 0.1) is 10.1 Å². The second kappa shape index (κ2) is 6.12. The zero-order valence-electron chi connectivity index (χ0n) is 9.37. The van der Waals surface area contributed by atoms with E-state index >= 15 is 0 Å². The van der Waals surface area contributed by atoms with Gasteiger partial charge >= 0.3 is 5.97 Å². The Morgan fingerprint density at radius 3 is 2.63 bits per heavy atom. The van der Waals surface area contributed by atoms with E-state index in [0.29, 0.717) is 0 Å². The van der Waals surface area contributed by atoms with Gasteiger partial charge in [-0.05, 0) is 6.07 Å². The van der Waals surface area contributed by atoms with Crippen molar-refractivity contribution in [1.82, 2.24) is 5.32 Å². The number of aliphatic hydroxyl groups excluding tert-OH is 1. The highest BCUT2D eigenvalue weighted by molar-refractivity contribution is 6.33. The van der Waals surface area contributed by atoms with E-state index in [0.717, 1.165) is 12.1 Å². The van der Waals surface area contributed by atoms with Gasteiger partial charge in [-0.25, -0.2) is 4.79 Å². The Bertz CT molecular complexity index is 533. The van der Waals surface area contributed by atoms with Gasteiger partial charge in [-0.15, -0.1) is 0 Å². The Morgan fingerprint density at radius 2 is 2.11 bits per heavy atom. The van der Waals surface area contributed by atoms with Crippen molar-refractivity contribution in [3.63, 3.8) is 0 Å². The van der Waals surface area contributed by atoms with E-state index in [2.05, 4.69) is 5.32 Å². The molecule has 0 spiro atoms. The molecule has 1 rings (SSSR count). The molecular weight excluding hydrogens is 280 g/mol. The molecule has 0 aromatic heterocycles. The summed E-state index contributed by atoms with van der Waals surface area (Å²) < 4.78 is 0. The Balaban J connectivity index is 2.84. The molecule has 3 N–H and O–H groups in total. The van der Waals surface area contributed by atoms with Gasteiger partial charge in [-0.1, -0.05) is 11.6 Å². The monoisotopic (exact) mass is 288 g/mol. The number of hydrogen-bond donors (Lipinski definition) is 3. The molecule has 0 aliphatic heterocycles. The first kappa shape index (κ1) is 14.9. The number of carboxylic acids is 1. The quantitative estimate of drug-likeness (QED) is 0.532. The highest BCUT2D eigenvalue weighted by Crippen LogP contribution is 2.21. The number of nitro groups is 1. The normalized spacial score (nSPS) is 11.7. The van der Waals surface area contributed by atoms with Crippen molar-refractivity contribution in [2.45, 2.75) is 6.10 Å². The van der Waals surface area contributed by atoms with Gasteiger partial charge in [-0.3, -0.25) is 14.9 Å². The molecule has 19 heavy (non-hydrogen) atoms. The lowest BCUT2D eigenvalue weighted by molar-refractivity contribution is -0.384. The lowest BCUT2D eigenvalue weighted by Gasteiger charge is -2.08. The molecular formula is C10H9ClN2O6. The topological polar surface area (TPSA) is 130 Å². The maximum Gasteiger partial charge on any atom is 0.334 e. The Labute approximate surface area is 111 Å². The van der Waals surface area contributed by atoms with Crippen LogP contribution in [-0.2, 0) is 4.79 Å². The van der Waals surface area contributed by atoms with Crippen LogP contribution in [0.2, 0.25) is 5.02 Å². The van der Waals surface area contributed by atoms with Gasteiger partial charge in [0.25, 0.3) is 11.6 Å². The second-order valence-corrected chi connectivity index (χ2v) is 3.89. The first-order chi connectivity index (χ1) is 8.82. The van der Waals surface area contributed by atoms with Gasteiger partial charge in [0, 0.05) is 12.1 Å². The first-order valence-corrected chi connectivity index (χ1v) is 5.33. The van der Waals surface area contributed by atoms with Crippen LogP contribution >= 0.6 is 11.6 Å². The second-order valence-electron chi connectivity index (χ2n) is 3.49. The summed E-state index contributed by atoms with van der Waals surface area (Å²) in [6, 6.07) is 3.28. The van der Waals surface area contributed by atoms with E-state index in [-0.39, 0.29) is 16.3 Å². The molecule has 102 valence electrons. The molecule has 1 aromatic rings. The number of nitrogens with zero attached hydrogens (tertiary/aromatic N) is 1. The number of carbonyl (C=O) groups is 2. The Kier molecular flexibility index (Phi) is 4.79. The predicted molar refractivity (Wildman–Crippen MR) is 64.1 cm³/mol. The molecule has 9 heteroatoms. The Hall–Kier alpha value is -2.19. The largest absolute Gasteiger partial charge is 0.479 e. The third-order valence-electron chi connectivity index (χ3n) is 2.15. The van der Waals surface area contributed by atoms with E-state index in [1.165, 1.54) is 6.07 Å². The maximum atomic E-state index is 11.6. The third-order valence-corrected chi connectivity index (χ3v) is 2.48. The number of rotatable bonds is 5. The van der Waals surface area contributed by atoms with Crippen molar-refractivity contribution in [2.75, 3.05) is 6.54 Å². The van der Waals surface area contributed by atoms with Crippen molar-refractivity contribution in [1.29, 1.82) is 0 Å². The van der Waals surface area contributed by atoms with Crippen molar-refractivity contribution >= 4 is 29.2 Å². The van der Waals surface area contributed by atoms with Gasteiger partial charge in [0.2, 0.25) is 0 Å². The minimum atomic E-state index is -1.76. The highest BCUT2D eigenvalue weighted by atomic mass is 35.5. The van der Waals surface area contributed by atoms with Crippen LogP contribution in [-0.4, -0.2) is 39.7 Å². The van der Waals surface area contributed by atoms with Crippen molar-refractivity contribution in [3.8, 4) is 0 Å². The number of aliphatic hydroxyl groups is 1. The molecule has 0 aliphatic carbocycles. The smallest absolute Gasteiger partial charge is 0.334 e. The molecule has 0 saturated carbocycles. The van der Waals surface area contributed by atoms with Crippen LogP contribution in [0.15, 0.2) is 18.2 Å². The molecule has 0 saturated heterocycles. The summed E-state index contributed by atoms with van der Waals surface area (Å²) in [4.78, 5) is 31.8. The third kappa shape index (κ3) is 3.90. The van der Waals surface area contributed by atoms with Crippen LogP contribution in [0.25, 0.3) is 0 Å². The van der Waals surface area contributed by atoms with Crippen molar-refractivity contribution in [3.05, 3.63) is 38.9 Å². The van der Waals surface area contributed by atoms with Gasteiger partial charge in [0.05, 0.1) is 22.1 Å². The maximum absolute atomic E-state index is 11.6. The summed E-state index contributed by atoms with van der Waals surface area (Å²) in [5.74, 6) is -2.31. The number of nitrogens with one attached hydrogen (secondary N) is 1. The number of carboxylic acid groups (broad SMARTS) is 1. The molecule has 1 aromatic carbocycles. The minimum Gasteiger partial charge on any atom is -0.479 e. The molecule has 1 unspecified atom stereocenters. The van der Waals surface area contributed by atoms with Gasteiger partial charge < -0.3 is 15.5 Å². The van der Waals surface area contributed by atoms with E-state index in [9.17, 15) is 19.7 Å². The lowest BCUT2D eigenvalue weighted by Crippen LogP contribution is -2.36. The lowest BCUT2D eigenvalue weighted by atomic mass is 10.2. The Morgan fingerprint density at radius 1 is 1.47 bits per heavy atom. The van der Waals surface area contributed by atoms with Crippen LogP contribution in [0.1, 0.15) is 10.4 Å². The number of nitro benzene ring substituents is 1. The van der Waals surface area contributed by atoms with Gasteiger partial charge in [-0.2, -0.15) is 0 Å².